The van der Waals surface area contributed by atoms with Crippen molar-refractivity contribution in [2.45, 2.75) is 77.0 Å². The predicted molar refractivity (Wildman–Crippen MR) is 83.6 cm³/mol. The van der Waals surface area contributed by atoms with Crippen LogP contribution in [0.15, 0.2) is 0 Å². The first-order valence-corrected chi connectivity index (χ1v) is 9.19. The van der Waals surface area contributed by atoms with E-state index in [-0.39, 0.29) is 11.9 Å². The van der Waals surface area contributed by atoms with Gasteiger partial charge in [0.25, 0.3) is 0 Å². The molecule has 0 aromatic rings. The third kappa shape index (κ3) is 10.4. The Hall–Kier alpha value is -0.0500. The van der Waals surface area contributed by atoms with Gasteiger partial charge < -0.3 is 4.74 Å². The first-order chi connectivity index (χ1) is 9.34. The maximum absolute atomic E-state index is 11.3. The van der Waals surface area contributed by atoms with Crippen LogP contribution in [-0.4, -0.2) is 17.9 Å². The summed E-state index contributed by atoms with van der Waals surface area (Å²) in [6, 6.07) is 0. The van der Waals surface area contributed by atoms with Gasteiger partial charge in [0.1, 0.15) is 0 Å². The molecule has 1 aliphatic carbocycles. The van der Waals surface area contributed by atoms with Gasteiger partial charge in [0.15, 0.2) is 0 Å². The number of carbonyl (C=O) groups excluding carboxylic acids is 1. The highest BCUT2D eigenvalue weighted by Crippen LogP contribution is 2.30. The maximum atomic E-state index is 11.3. The van der Waals surface area contributed by atoms with Crippen molar-refractivity contribution in [2.24, 2.45) is 5.92 Å². The largest absolute Gasteiger partial charge is 0.465 e. The molecular weight excluding hydrogens is 304 g/mol. The fourth-order valence-corrected chi connectivity index (χ4v) is 2.62. The molecule has 0 radical (unpaired) electrons. The molecule has 0 N–H and O–H groups in total. The Morgan fingerprint density at radius 1 is 0.842 bits per heavy atom. The lowest BCUT2D eigenvalue weighted by atomic mass is 10.1. The summed E-state index contributed by atoms with van der Waals surface area (Å²) in [5, 5.41) is 1.15. The Morgan fingerprint density at radius 2 is 1.32 bits per heavy atom. The first kappa shape index (κ1) is 17.0. The molecule has 2 nitrogen and oxygen atoms in total. The van der Waals surface area contributed by atoms with E-state index in [1.807, 2.05) is 0 Å². The minimum absolute atomic E-state index is 0.0449. The Kier molecular flexibility index (Phi) is 10.5. The van der Waals surface area contributed by atoms with Gasteiger partial charge in [-0.2, -0.15) is 0 Å². The van der Waals surface area contributed by atoms with Gasteiger partial charge in [0.05, 0.1) is 12.5 Å². The molecule has 0 saturated heterocycles. The second-order valence-electron chi connectivity index (χ2n) is 5.67. The highest BCUT2D eigenvalue weighted by Gasteiger charge is 2.30. The number of hydrogen-bond acceptors (Lipinski definition) is 2. The third-order valence-corrected chi connectivity index (χ3v) is 4.24. The van der Waals surface area contributed by atoms with Gasteiger partial charge in [-0.1, -0.05) is 67.3 Å². The molecule has 0 unspecified atom stereocenters. The smallest absolute Gasteiger partial charge is 0.308 e. The second kappa shape index (κ2) is 11.7. The molecule has 0 spiro atoms. The predicted octanol–water partition coefficient (Wildman–Crippen LogP) is 5.24. The third-order valence-electron chi connectivity index (χ3n) is 3.68. The molecule has 1 rings (SSSR count). The van der Waals surface area contributed by atoms with Gasteiger partial charge in [-0.15, -0.1) is 0 Å². The van der Waals surface area contributed by atoms with E-state index < -0.39 is 0 Å². The number of carbonyl (C=O) groups is 1. The number of alkyl halides is 1. The zero-order chi connectivity index (χ0) is 13.8. The molecule has 3 heteroatoms. The number of hydrogen-bond donors (Lipinski definition) is 0. The summed E-state index contributed by atoms with van der Waals surface area (Å²) in [5.41, 5.74) is 0. The van der Waals surface area contributed by atoms with Gasteiger partial charge in [-0.3, -0.25) is 4.79 Å². The Labute approximate surface area is 126 Å². The molecule has 0 heterocycles. The number of esters is 1. The molecule has 0 amide bonds. The standard InChI is InChI=1S/C16H29BrO2/c17-13-9-7-5-3-1-2-4-6-8-10-14-19-16(18)15-11-12-15/h15H,1-14H2. The van der Waals surface area contributed by atoms with Gasteiger partial charge in [0, 0.05) is 5.33 Å². The van der Waals surface area contributed by atoms with Crippen LogP contribution in [-0.2, 0) is 9.53 Å². The van der Waals surface area contributed by atoms with Crippen LogP contribution >= 0.6 is 15.9 Å². The number of unbranched alkanes of at least 4 members (excludes halogenated alkanes) is 9. The van der Waals surface area contributed by atoms with Crippen molar-refractivity contribution < 1.29 is 9.53 Å². The van der Waals surface area contributed by atoms with E-state index in [1.165, 1.54) is 57.8 Å². The quantitative estimate of drug-likeness (QED) is 0.262. The summed E-state index contributed by atoms with van der Waals surface area (Å²) in [6.45, 7) is 0.641. The van der Waals surface area contributed by atoms with E-state index in [9.17, 15) is 4.79 Å². The highest BCUT2D eigenvalue weighted by molar-refractivity contribution is 9.09. The maximum Gasteiger partial charge on any atom is 0.308 e. The van der Waals surface area contributed by atoms with Crippen LogP contribution in [0.4, 0.5) is 0 Å². The molecule has 19 heavy (non-hydrogen) atoms. The van der Waals surface area contributed by atoms with E-state index >= 15 is 0 Å². The van der Waals surface area contributed by atoms with Crippen molar-refractivity contribution in [1.29, 1.82) is 0 Å². The topological polar surface area (TPSA) is 26.3 Å². The van der Waals surface area contributed by atoms with Crippen molar-refractivity contribution in [2.75, 3.05) is 11.9 Å². The molecular formula is C16H29BrO2. The minimum Gasteiger partial charge on any atom is -0.465 e. The number of ether oxygens (including phenoxy) is 1. The van der Waals surface area contributed by atoms with E-state index in [0.717, 1.165) is 24.6 Å². The number of rotatable bonds is 13. The lowest BCUT2D eigenvalue weighted by molar-refractivity contribution is -0.145. The molecule has 1 fully saturated rings. The monoisotopic (exact) mass is 332 g/mol. The molecule has 0 bridgehead atoms. The van der Waals surface area contributed by atoms with Crippen LogP contribution in [0.25, 0.3) is 0 Å². The van der Waals surface area contributed by atoms with Crippen molar-refractivity contribution in [3.05, 3.63) is 0 Å². The van der Waals surface area contributed by atoms with E-state index in [4.69, 9.17) is 4.74 Å². The summed E-state index contributed by atoms with van der Waals surface area (Å²) < 4.78 is 5.21. The van der Waals surface area contributed by atoms with E-state index in [0.29, 0.717) is 6.61 Å². The molecule has 0 aliphatic heterocycles. The zero-order valence-corrected chi connectivity index (χ0v) is 13.8. The summed E-state index contributed by atoms with van der Waals surface area (Å²) in [5.74, 6) is 0.299. The number of halogens is 1. The molecule has 1 aliphatic rings. The van der Waals surface area contributed by atoms with Gasteiger partial charge in [-0.05, 0) is 25.7 Å². The van der Waals surface area contributed by atoms with E-state index in [1.54, 1.807) is 0 Å². The second-order valence-corrected chi connectivity index (χ2v) is 6.46. The van der Waals surface area contributed by atoms with Crippen molar-refractivity contribution in [3.63, 3.8) is 0 Å². The SMILES string of the molecule is O=C(OCCCCCCCCCCCCBr)C1CC1. The fraction of sp³-hybridized carbons (Fsp3) is 0.938. The van der Waals surface area contributed by atoms with Crippen LogP contribution in [0, 0.1) is 5.92 Å². The van der Waals surface area contributed by atoms with Gasteiger partial charge >= 0.3 is 5.97 Å². The van der Waals surface area contributed by atoms with Gasteiger partial charge in [0.2, 0.25) is 0 Å². The zero-order valence-electron chi connectivity index (χ0n) is 12.2. The average Bonchev–Trinajstić information content (AvgIpc) is 3.24. The lowest BCUT2D eigenvalue weighted by Crippen LogP contribution is -2.07. The highest BCUT2D eigenvalue weighted by atomic mass is 79.9. The Balaban J connectivity index is 1.68. The van der Waals surface area contributed by atoms with Crippen molar-refractivity contribution >= 4 is 21.9 Å². The Bertz CT molecular complexity index is 227. The lowest BCUT2D eigenvalue weighted by Gasteiger charge is -2.04. The normalized spacial score (nSPS) is 14.6. The summed E-state index contributed by atoms with van der Waals surface area (Å²) in [7, 11) is 0. The summed E-state index contributed by atoms with van der Waals surface area (Å²) >= 11 is 3.46. The Morgan fingerprint density at radius 3 is 1.79 bits per heavy atom. The van der Waals surface area contributed by atoms with E-state index in [2.05, 4.69) is 15.9 Å². The molecule has 0 atom stereocenters. The summed E-state index contributed by atoms with van der Waals surface area (Å²) in [6.07, 6.45) is 15.2. The molecule has 1 saturated carbocycles. The van der Waals surface area contributed by atoms with Crippen LogP contribution in [0.5, 0.6) is 0 Å². The molecule has 0 aromatic heterocycles. The summed E-state index contributed by atoms with van der Waals surface area (Å²) in [4.78, 5) is 11.3. The fourth-order valence-electron chi connectivity index (χ4n) is 2.22. The molecule has 0 aromatic carbocycles. The average molecular weight is 333 g/mol. The van der Waals surface area contributed by atoms with Crippen LogP contribution < -0.4 is 0 Å². The molecule has 112 valence electrons. The van der Waals surface area contributed by atoms with Crippen LogP contribution in [0.3, 0.4) is 0 Å². The van der Waals surface area contributed by atoms with Gasteiger partial charge in [-0.25, -0.2) is 0 Å². The van der Waals surface area contributed by atoms with Crippen LogP contribution in [0.2, 0.25) is 0 Å². The minimum atomic E-state index is 0.0449. The van der Waals surface area contributed by atoms with Crippen LogP contribution in [0.1, 0.15) is 77.0 Å². The first-order valence-electron chi connectivity index (χ1n) is 8.07. The van der Waals surface area contributed by atoms with Crippen molar-refractivity contribution in [1.82, 2.24) is 0 Å². The van der Waals surface area contributed by atoms with Crippen molar-refractivity contribution in [3.8, 4) is 0 Å².